The van der Waals surface area contributed by atoms with Crippen molar-refractivity contribution in [2.24, 2.45) is 23.7 Å². The summed E-state index contributed by atoms with van der Waals surface area (Å²) in [6.07, 6.45) is 12.3. The monoisotopic (exact) mass is 387 g/mol. The van der Waals surface area contributed by atoms with Crippen LogP contribution < -0.4 is 4.74 Å². The molecule has 0 bridgehead atoms. The number of ether oxygens (including phenoxy) is 1. The quantitative estimate of drug-likeness (QED) is 0.426. The molecule has 3 nitrogen and oxygen atoms in total. The molecule has 0 atom stereocenters. The Morgan fingerprint density at radius 1 is 1.11 bits per heavy atom. The average molecular weight is 388 g/mol. The number of halogens is 1. The Morgan fingerprint density at radius 3 is 2.33 bits per heavy atom. The molecule has 4 heteroatoms. The zero-order valence-corrected chi connectivity index (χ0v) is 17.0. The van der Waals surface area contributed by atoms with E-state index in [4.69, 9.17) is 16.3 Å². The van der Waals surface area contributed by atoms with Crippen molar-refractivity contribution in [3.8, 4) is 11.8 Å². The lowest BCUT2D eigenvalue weighted by Crippen LogP contribution is -2.30. The number of carbonyl (C=O) groups is 1. The highest BCUT2D eigenvalue weighted by molar-refractivity contribution is 6.30. The average Bonchev–Trinajstić information content (AvgIpc) is 2.70. The maximum atomic E-state index is 12.6. The molecule has 1 aromatic rings. The number of esters is 1. The minimum atomic E-state index is -0.195. The predicted molar refractivity (Wildman–Crippen MR) is 108 cm³/mol. The first kappa shape index (κ1) is 20.2. The Morgan fingerprint density at radius 2 is 1.74 bits per heavy atom. The molecule has 2 aliphatic carbocycles. The molecule has 0 aromatic heterocycles. The van der Waals surface area contributed by atoms with Crippen molar-refractivity contribution in [3.63, 3.8) is 0 Å². The van der Waals surface area contributed by atoms with Gasteiger partial charge in [-0.2, -0.15) is 5.26 Å². The second-order valence-electron chi connectivity index (χ2n) is 8.35. The van der Waals surface area contributed by atoms with Crippen molar-refractivity contribution < 1.29 is 9.53 Å². The second kappa shape index (κ2) is 9.60. The first-order valence-electron chi connectivity index (χ1n) is 10.5. The largest absolute Gasteiger partial charge is 0.425 e. The highest BCUT2D eigenvalue weighted by Crippen LogP contribution is 2.42. The van der Waals surface area contributed by atoms with E-state index < -0.39 is 0 Å². The summed E-state index contributed by atoms with van der Waals surface area (Å²) < 4.78 is 5.53. The van der Waals surface area contributed by atoms with Crippen LogP contribution in [0.15, 0.2) is 18.2 Å². The minimum absolute atomic E-state index is 0.0418. The van der Waals surface area contributed by atoms with E-state index in [1.165, 1.54) is 44.6 Å². The van der Waals surface area contributed by atoms with Crippen LogP contribution in [0.4, 0.5) is 0 Å². The van der Waals surface area contributed by atoms with E-state index in [1.54, 1.807) is 12.1 Å². The van der Waals surface area contributed by atoms with E-state index in [0.29, 0.717) is 16.3 Å². The van der Waals surface area contributed by atoms with Crippen LogP contribution in [0.25, 0.3) is 0 Å². The molecule has 0 aliphatic heterocycles. The van der Waals surface area contributed by atoms with E-state index in [2.05, 4.69) is 6.92 Å². The van der Waals surface area contributed by atoms with Gasteiger partial charge in [-0.05, 0) is 74.5 Å². The molecule has 0 heterocycles. The third kappa shape index (κ3) is 5.26. The fraction of sp³-hybridized carbons (Fsp3) is 0.652. The molecule has 0 N–H and O–H groups in total. The summed E-state index contributed by atoms with van der Waals surface area (Å²) >= 11 is 5.91. The Hall–Kier alpha value is -1.53. The highest BCUT2D eigenvalue weighted by Gasteiger charge is 2.33. The molecule has 1 aromatic carbocycles. The normalized spacial score (nSPS) is 28.3. The van der Waals surface area contributed by atoms with Crippen LogP contribution in [-0.4, -0.2) is 5.97 Å². The molecule has 27 heavy (non-hydrogen) atoms. The molecule has 0 amide bonds. The van der Waals surface area contributed by atoms with Crippen LogP contribution in [0.2, 0.25) is 5.02 Å². The zero-order chi connectivity index (χ0) is 19.2. The number of hydrogen-bond acceptors (Lipinski definition) is 3. The maximum absolute atomic E-state index is 12.6. The van der Waals surface area contributed by atoms with Crippen molar-refractivity contribution in [1.82, 2.24) is 0 Å². The Kier molecular flexibility index (Phi) is 7.19. The predicted octanol–water partition coefficient (Wildman–Crippen LogP) is 6.53. The van der Waals surface area contributed by atoms with Gasteiger partial charge in [0.2, 0.25) is 0 Å². The third-order valence-corrected chi connectivity index (χ3v) is 6.87. The number of hydrogen-bond donors (Lipinski definition) is 0. The van der Waals surface area contributed by atoms with E-state index in [9.17, 15) is 10.1 Å². The molecular formula is C23H30ClNO2. The molecule has 0 saturated heterocycles. The van der Waals surface area contributed by atoms with Crippen LogP contribution in [-0.2, 0) is 4.79 Å². The van der Waals surface area contributed by atoms with E-state index >= 15 is 0 Å². The lowest BCUT2D eigenvalue weighted by atomic mass is 9.69. The number of nitriles is 1. The van der Waals surface area contributed by atoms with E-state index in [-0.39, 0.29) is 11.9 Å². The van der Waals surface area contributed by atoms with Gasteiger partial charge in [0, 0.05) is 5.02 Å². The zero-order valence-electron chi connectivity index (χ0n) is 16.3. The van der Waals surface area contributed by atoms with Crippen LogP contribution in [0, 0.1) is 35.0 Å². The van der Waals surface area contributed by atoms with Crippen LogP contribution >= 0.6 is 11.6 Å². The van der Waals surface area contributed by atoms with E-state index in [0.717, 1.165) is 43.4 Å². The van der Waals surface area contributed by atoms with Gasteiger partial charge in [0.15, 0.2) is 0 Å². The Labute approximate surface area is 168 Å². The number of nitrogens with zero attached hydrogens (tertiary/aromatic N) is 1. The van der Waals surface area contributed by atoms with Crippen molar-refractivity contribution in [3.05, 3.63) is 28.8 Å². The minimum Gasteiger partial charge on any atom is -0.425 e. The summed E-state index contributed by atoms with van der Waals surface area (Å²) in [5.74, 6) is 2.67. The van der Waals surface area contributed by atoms with Crippen molar-refractivity contribution in [2.45, 2.75) is 71.1 Å². The lowest BCUT2D eigenvalue weighted by Gasteiger charge is -2.37. The second-order valence-corrected chi connectivity index (χ2v) is 8.79. The van der Waals surface area contributed by atoms with Crippen molar-refractivity contribution in [2.75, 3.05) is 0 Å². The smallest absolute Gasteiger partial charge is 0.314 e. The third-order valence-electron chi connectivity index (χ3n) is 6.63. The first-order valence-corrected chi connectivity index (χ1v) is 10.9. The molecule has 2 fully saturated rings. The van der Waals surface area contributed by atoms with Gasteiger partial charge in [0.1, 0.15) is 11.8 Å². The maximum Gasteiger partial charge on any atom is 0.314 e. The highest BCUT2D eigenvalue weighted by atomic mass is 35.5. The van der Waals surface area contributed by atoms with Crippen LogP contribution in [0.1, 0.15) is 76.7 Å². The molecule has 0 unspecified atom stereocenters. The summed E-state index contributed by atoms with van der Waals surface area (Å²) in [6.45, 7) is 2.29. The summed E-state index contributed by atoms with van der Waals surface area (Å²) in [4.78, 5) is 12.6. The van der Waals surface area contributed by atoms with Gasteiger partial charge in [0.25, 0.3) is 0 Å². The summed E-state index contributed by atoms with van der Waals surface area (Å²) in [7, 11) is 0. The van der Waals surface area contributed by atoms with Crippen molar-refractivity contribution in [1.29, 1.82) is 5.26 Å². The van der Waals surface area contributed by atoms with Gasteiger partial charge in [-0.1, -0.05) is 44.2 Å². The summed E-state index contributed by atoms with van der Waals surface area (Å²) in [5, 5.41) is 9.67. The van der Waals surface area contributed by atoms with Gasteiger partial charge in [0.05, 0.1) is 11.5 Å². The fourth-order valence-corrected chi connectivity index (χ4v) is 5.23. The molecule has 3 rings (SSSR count). The van der Waals surface area contributed by atoms with Gasteiger partial charge in [-0.15, -0.1) is 0 Å². The van der Waals surface area contributed by atoms with Crippen molar-refractivity contribution >= 4 is 17.6 Å². The van der Waals surface area contributed by atoms with E-state index in [1.807, 2.05) is 6.07 Å². The summed E-state index contributed by atoms with van der Waals surface area (Å²) in [6, 6.07) is 6.84. The van der Waals surface area contributed by atoms with Gasteiger partial charge in [-0.25, -0.2) is 0 Å². The summed E-state index contributed by atoms with van der Waals surface area (Å²) in [5.41, 5.74) is 0.313. The van der Waals surface area contributed by atoms with Crippen LogP contribution in [0.5, 0.6) is 5.75 Å². The lowest BCUT2D eigenvalue weighted by molar-refractivity contribution is -0.140. The fourth-order valence-electron chi connectivity index (χ4n) is 5.05. The molecule has 0 spiro atoms. The molecule has 0 radical (unpaired) electrons. The Balaban J connectivity index is 1.48. The van der Waals surface area contributed by atoms with Gasteiger partial charge in [-0.3, -0.25) is 4.79 Å². The van der Waals surface area contributed by atoms with Crippen LogP contribution in [0.3, 0.4) is 0 Å². The SMILES string of the molecule is CCC[C@H]1CC[C@H]([C@H]2CC[C@H](C(=O)Oc3ccc(Cl)cc3C#N)CC2)CC1. The first-order chi connectivity index (χ1) is 13.1. The number of benzene rings is 1. The molecular weight excluding hydrogens is 358 g/mol. The number of rotatable bonds is 5. The number of carbonyl (C=O) groups excluding carboxylic acids is 1. The topological polar surface area (TPSA) is 50.1 Å². The molecule has 146 valence electrons. The molecule has 2 aliphatic rings. The Bertz CT molecular complexity index is 680. The van der Waals surface area contributed by atoms with Gasteiger partial charge >= 0.3 is 5.97 Å². The standard InChI is InChI=1S/C23H30ClNO2/c1-2-3-16-4-6-17(7-5-16)18-8-10-19(11-9-18)23(26)27-22-13-12-21(24)14-20(22)15-25/h12-14,16-19H,2-11H2,1H3/t16-,17-,18-,19-. The van der Waals surface area contributed by atoms with Gasteiger partial charge < -0.3 is 4.74 Å². The molecule has 2 saturated carbocycles.